The first kappa shape index (κ1) is 15.6. The molecular formula is C17H23N3O. The lowest BCUT2D eigenvalue weighted by atomic mass is 10.1. The number of aliphatic hydroxyl groups is 1. The summed E-state index contributed by atoms with van der Waals surface area (Å²) in [6.07, 6.45) is 1.34. The number of benzene rings is 1. The van der Waals surface area contributed by atoms with E-state index >= 15 is 0 Å². The highest BCUT2D eigenvalue weighted by Gasteiger charge is 2.13. The quantitative estimate of drug-likeness (QED) is 0.887. The molecule has 1 aromatic carbocycles. The molecule has 0 aliphatic heterocycles. The summed E-state index contributed by atoms with van der Waals surface area (Å²) in [5.41, 5.74) is 4.14. The van der Waals surface area contributed by atoms with Crippen LogP contribution in [0.2, 0.25) is 0 Å². The second-order valence-corrected chi connectivity index (χ2v) is 5.52. The third kappa shape index (κ3) is 4.09. The highest BCUT2D eigenvalue weighted by Crippen LogP contribution is 2.17. The van der Waals surface area contributed by atoms with Gasteiger partial charge >= 0.3 is 0 Å². The summed E-state index contributed by atoms with van der Waals surface area (Å²) in [6, 6.07) is 8.06. The van der Waals surface area contributed by atoms with Crippen molar-refractivity contribution in [2.45, 2.75) is 39.8 Å². The van der Waals surface area contributed by atoms with E-state index in [2.05, 4.69) is 22.2 Å². The van der Waals surface area contributed by atoms with E-state index in [1.807, 2.05) is 51.2 Å². The molecule has 0 saturated heterocycles. The molecule has 0 aliphatic rings. The molecule has 0 amide bonds. The van der Waals surface area contributed by atoms with Gasteiger partial charge in [-0.1, -0.05) is 29.8 Å². The zero-order chi connectivity index (χ0) is 15.4. The van der Waals surface area contributed by atoms with E-state index in [9.17, 15) is 5.11 Å². The molecule has 1 aromatic heterocycles. The largest absolute Gasteiger partial charge is 0.387 e. The van der Waals surface area contributed by atoms with Crippen molar-refractivity contribution >= 4 is 0 Å². The van der Waals surface area contributed by atoms with Crippen LogP contribution in [0.1, 0.15) is 47.3 Å². The Kier molecular flexibility index (Phi) is 5.04. The molecule has 4 heteroatoms. The third-order valence-corrected chi connectivity index (χ3v) is 3.65. The van der Waals surface area contributed by atoms with Crippen molar-refractivity contribution in [3.8, 4) is 0 Å². The first-order chi connectivity index (χ1) is 9.97. The van der Waals surface area contributed by atoms with Gasteiger partial charge < -0.3 is 10.4 Å². The number of aliphatic hydroxyl groups excluding tert-OH is 1. The van der Waals surface area contributed by atoms with Crippen molar-refractivity contribution in [2.75, 3.05) is 6.54 Å². The maximum absolute atomic E-state index is 10.3. The maximum atomic E-state index is 10.3. The van der Waals surface area contributed by atoms with Crippen LogP contribution in [0.15, 0.2) is 30.5 Å². The van der Waals surface area contributed by atoms with E-state index in [1.165, 1.54) is 0 Å². The molecule has 4 nitrogen and oxygen atoms in total. The monoisotopic (exact) mass is 285 g/mol. The second-order valence-electron chi connectivity index (χ2n) is 5.52. The molecule has 0 saturated carbocycles. The topological polar surface area (TPSA) is 58.0 Å². The molecule has 0 bridgehead atoms. The number of hydrogen-bond acceptors (Lipinski definition) is 4. The van der Waals surface area contributed by atoms with Crippen LogP contribution in [-0.4, -0.2) is 21.6 Å². The fourth-order valence-electron chi connectivity index (χ4n) is 2.41. The van der Waals surface area contributed by atoms with Gasteiger partial charge in [0.15, 0.2) is 0 Å². The molecule has 112 valence electrons. The lowest BCUT2D eigenvalue weighted by Gasteiger charge is -2.19. The molecule has 2 N–H and O–H groups in total. The Morgan fingerprint density at radius 3 is 2.67 bits per heavy atom. The maximum Gasteiger partial charge on any atom is 0.125 e. The standard InChI is InChI=1S/C17H23N3O/c1-11-6-5-7-15(8-11)17(21)10-18-12(2)16-9-19-14(4)20-13(16)3/h5-9,12,17-18,21H,10H2,1-4H3. The second kappa shape index (κ2) is 6.78. The van der Waals surface area contributed by atoms with Gasteiger partial charge in [-0.2, -0.15) is 0 Å². The molecule has 0 spiro atoms. The molecule has 21 heavy (non-hydrogen) atoms. The summed E-state index contributed by atoms with van der Waals surface area (Å²) < 4.78 is 0. The van der Waals surface area contributed by atoms with E-state index < -0.39 is 6.10 Å². The lowest BCUT2D eigenvalue weighted by Crippen LogP contribution is -2.25. The summed E-state index contributed by atoms with van der Waals surface area (Å²) in [6.45, 7) is 8.46. The first-order valence-corrected chi connectivity index (χ1v) is 7.25. The zero-order valence-electron chi connectivity index (χ0n) is 13.1. The van der Waals surface area contributed by atoms with Crippen LogP contribution in [0.25, 0.3) is 0 Å². The smallest absolute Gasteiger partial charge is 0.125 e. The van der Waals surface area contributed by atoms with Gasteiger partial charge in [0.05, 0.1) is 6.10 Å². The minimum atomic E-state index is -0.515. The molecule has 0 radical (unpaired) electrons. The van der Waals surface area contributed by atoms with Gasteiger partial charge in [0.1, 0.15) is 5.82 Å². The Balaban J connectivity index is 1.99. The van der Waals surface area contributed by atoms with Crippen LogP contribution < -0.4 is 5.32 Å². The minimum absolute atomic E-state index is 0.102. The fourth-order valence-corrected chi connectivity index (χ4v) is 2.41. The van der Waals surface area contributed by atoms with E-state index in [-0.39, 0.29) is 6.04 Å². The van der Waals surface area contributed by atoms with Crippen molar-refractivity contribution in [1.82, 2.24) is 15.3 Å². The summed E-state index contributed by atoms with van der Waals surface area (Å²) >= 11 is 0. The van der Waals surface area contributed by atoms with Gasteiger partial charge in [-0.3, -0.25) is 0 Å². The number of aryl methyl sites for hydroxylation is 3. The lowest BCUT2D eigenvalue weighted by molar-refractivity contribution is 0.170. The molecule has 0 aliphatic carbocycles. The Morgan fingerprint density at radius 2 is 2.00 bits per heavy atom. The van der Waals surface area contributed by atoms with Gasteiger partial charge in [0.2, 0.25) is 0 Å². The predicted octanol–water partition coefficient (Wildman–Crippen LogP) is 2.79. The molecule has 2 atom stereocenters. The molecule has 2 aromatic rings. The SMILES string of the molecule is Cc1cccc(C(O)CNC(C)c2cnc(C)nc2C)c1. The summed E-state index contributed by atoms with van der Waals surface area (Å²) in [7, 11) is 0. The van der Waals surface area contributed by atoms with Crippen LogP contribution in [0.4, 0.5) is 0 Å². The van der Waals surface area contributed by atoms with Crippen LogP contribution in [0.3, 0.4) is 0 Å². The van der Waals surface area contributed by atoms with Crippen molar-refractivity contribution < 1.29 is 5.11 Å². The van der Waals surface area contributed by atoms with E-state index in [1.54, 1.807) is 0 Å². The average molecular weight is 285 g/mol. The van der Waals surface area contributed by atoms with Gasteiger partial charge in [-0.15, -0.1) is 0 Å². The van der Waals surface area contributed by atoms with Gasteiger partial charge in [-0.05, 0) is 33.3 Å². The van der Waals surface area contributed by atoms with E-state index in [0.717, 1.165) is 28.2 Å². The predicted molar refractivity (Wildman–Crippen MR) is 84.1 cm³/mol. The summed E-state index contributed by atoms with van der Waals surface area (Å²) in [4.78, 5) is 8.62. The van der Waals surface area contributed by atoms with Gasteiger partial charge in [0.25, 0.3) is 0 Å². The van der Waals surface area contributed by atoms with Crippen LogP contribution in [0, 0.1) is 20.8 Å². The Hall–Kier alpha value is -1.78. The number of nitrogens with zero attached hydrogens (tertiary/aromatic N) is 2. The Morgan fingerprint density at radius 1 is 1.24 bits per heavy atom. The number of nitrogens with one attached hydrogen (secondary N) is 1. The van der Waals surface area contributed by atoms with Gasteiger partial charge in [0, 0.05) is 30.0 Å². The van der Waals surface area contributed by atoms with Crippen molar-refractivity contribution in [1.29, 1.82) is 0 Å². The highest BCUT2D eigenvalue weighted by atomic mass is 16.3. The molecule has 2 unspecified atom stereocenters. The Labute approximate surface area is 126 Å². The number of hydrogen-bond donors (Lipinski definition) is 2. The third-order valence-electron chi connectivity index (χ3n) is 3.65. The van der Waals surface area contributed by atoms with E-state index in [0.29, 0.717) is 6.54 Å². The average Bonchev–Trinajstić information content (AvgIpc) is 2.44. The molecular weight excluding hydrogens is 262 g/mol. The summed E-state index contributed by atoms with van der Waals surface area (Å²) in [5, 5.41) is 13.6. The zero-order valence-corrected chi connectivity index (χ0v) is 13.1. The minimum Gasteiger partial charge on any atom is -0.387 e. The first-order valence-electron chi connectivity index (χ1n) is 7.25. The van der Waals surface area contributed by atoms with Crippen LogP contribution in [-0.2, 0) is 0 Å². The van der Waals surface area contributed by atoms with Crippen LogP contribution >= 0.6 is 0 Å². The molecule has 2 rings (SSSR count). The number of rotatable bonds is 5. The van der Waals surface area contributed by atoms with Crippen molar-refractivity contribution in [3.05, 3.63) is 58.7 Å². The van der Waals surface area contributed by atoms with Gasteiger partial charge in [-0.25, -0.2) is 9.97 Å². The fraction of sp³-hybridized carbons (Fsp3) is 0.412. The number of aromatic nitrogens is 2. The Bertz CT molecular complexity index is 613. The van der Waals surface area contributed by atoms with Crippen LogP contribution in [0.5, 0.6) is 0 Å². The summed E-state index contributed by atoms with van der Waals surface area (Å²) in [5.74, 6) is 0.781. The molecule has 1 heterocycles. The highest BCUT2D eigenvalue weighted by molar-refractivity contribution is 5.24. The normalized spacial score (nSPS) is 14.0. The van der Waals surface area contributed by atoms with Crippen molar-refractivity contribution in [3.63, 3.8) is 0 Å². The molecule has 0 fully saturated rings. The van der Waals surface area contributed by atoms with Crippen molar-refractivity contribution in [2.24, 2.45) is 0 Å². The van der Waals surface area contributed by atoms with E-state index in [4.69, 9.17) is 0 Å².